The molecular formula is C13H10F3N5O. The van der Waals surface area contributed by atoms with Gasteiger partial charge in [-0.15, -0.1) is 15.3 Å². The van der Waals surface area contributed by atoms with Gasteiger partial charge in [0.25, 0.3) is 5.95 Å². The van der Waals surface area contributed by atoms with E-state index in [1.807, 2.05) is 0 Å². The third-order valence-corrected chi connectivity index (χ3v) is 2.89. The minimum atomic E-state index is -4.41. The molecule has 0 radical (unpaired) electrons. The van der Waals surface area contributed by atoms with Crippen molar-refractivity contribution in [3.05, 3.63) is 42.0 Å². The van der Waals surface area contributed by atoms with Crippen LogP contribution in [0.3, 0.4) is 0 Å². The van der Waals surface area contributed by atoms with Gasteiger partial charge in [-0.25, -0.2) is 0 Å². The molecule has 0 aliphatic heterocycles. The van der Waals surface area contributed by atoms with Crippen molar-refractivity contribution < 1.29 is 17.9 Å². The van der Waals surface area contributed by atoms with Crippen LogP contribution < -0.4 is 10.1 Å². The fourth-order valence-electron chi connectivity index (χ4n) is 1.86. The summed E-state index contributed by atoms with van der Waals surface area (Å²) < 4.78 is 44.5. The van der Waals surface area contributed by atoms with E-state index in [0.717, 1.165) is 12.1 Å². The summed E-state index contributed by atoms with van der Waals surface area (Å²) in [7, 11) is 1.46. The van der Waals surface area contributed by atoms with E-state index in [-0.39, 0.29) is 11.6 Å². The van der Waals surface area contributed by atoms with Gasteiger partial charge in [-0.1, -0.05) is 6.07 Å². The summed E-state index contributed by atoms with van der Waals surface area (Å²) in [5, 5.41) is 14.6. The third kappa shape index (κ3) is 2.65. The summed E-state index contributed by atoms with van der Waals surface area (Å²) in [6, 6.07) is 8.03. The zero-order valence-corrected chi connectivity index (χ0v) is 11.3. The van der Waals surface area contributed by atoms with E-state index < -0.39 is 11.7 Å². The van der Waals surface area contributed by atoms with Crippen LogP contribution in [0.1, 0.15) is 5.56 Å². The molecule has 0 bridgehead atoms. The van der Waals surface area contributed by atoms with Gasteiger partial charge in [-0.2, -0.15) is 17.7 Å². The summed E-state index contributed by atoms with van der Waals surface area (Å²) in [4.78, 5) is 0. The van der Waals surface area contributed by atoms with E-state index in [1.54, 1.807) is 12.1 Å². The standard InChI is InChI=1S/C13H10F3N5O/c1-22-11-6-5-10-18-19-12(21(10)20-11)17-9-4-2-3-8(7-9)13(14,15)16/h2-7H,1H3,(H,17,19). The minimum Gasteiger partial charge on any atom is -0.480 e. The molecule has 0 saturated carbocycles. The number of nitrogens with zero attached hydrogens (tertiary/aromatic N) is 4. The van der Waals surface area contributed by atoms with Crippen LogP contribution in [0, 0.1) is 0 Å². The summed E-state index contributed by atoms with van der Waals surface area (Å²) in [6.07, 6.45) is -4.41. The first kappa shape index (κ1) is 14.1. The molecule has 3 aromatic rings. The first-order chi connectivity index (χ1) is 10.5. The van der Waals surface area contributed by atoms with E-state index in [4.69, 9.17) is 4.74 Å². The Morgan fingerprint density at radius 3 is 2.68 bits per heavy atom. The lowest BCUT2D eigenvalue weighted by atomic mass is 10.2. The Kier molecular flexibility index (Phi) is 3.32. The van der Waals surface area contributed by atoms with Crippen LogP contribution >= 0.6 is 0 Å². The fourth-order valence-corrected chi connectivity index (χ4v) is 1.86. The first-order valence-corrected chi connectivity index (χ1v) is 6.18. The van der Waals surface area contributed by atoms with Gasteiger partial charge in [-0.05, 0) is 24.3 Å². The third-order valence-electron chi connectivity index (χ3n) is 2.89. The molecule has 1 N–H and O–H groups in total. The quantitative estimate of drug-likeness (QED) is 0.806. The number of ether oxygens (including phenoxy) is 1. The largest absolute Gasteiger partial charge is 0.480 e. The summed E-state index contributed by atoms with van der Waals surface area (Å²) >= 11 is 0. The van der Waals surface area contributed by atoms with Gasteiger partial charge >= 0.3 is 6.18 Å². The molecule has 1 aromatic carbocycles. The highest BCUT2D eigenvalue weighted by Crippen LogP contribution is 2.31. The van der Waals surface area contributed by atoms with Gasteiger partial charge in [-0.3, -0.25) is 0 Å². The monoisotopic (exact) mass is 309 g/mol. The highest BCUT2D eigenvalue weighted by atomic mass is 19.4. The Labute approximate surface area is 122 Å². The maximum absolute atomic E-state index is 12.7. The SMILES string of the molecule is COc1ccc2nnc(Nc3cccc(C(F)(F)F)c3)n2n1. The molecule has 0 fully saturated rings. The van der Waals surface area contributed by atoms with Gasteiger partial charge in [0.15, 0.2) is 5.65 Å². The van der Waals surface area contributed by atoms with Crippen LogP contribution in [-0.2, 0) is 6.18 Å². The molecule has 114 valence electrons. The lowest BCUT2D eigenvalue weighted by molar-refractivity contribution is -0.137. The fraction of sp³-hybridized carbons (Fsp3) is 0.154. The molecule has 0 amide bonds. The van der Waals surface area contributed by atoms with Crippen LogP contribution in [0.5, 0.6) is 5.88 Å². The van der Waals surface area contributed by atoms with Crippen LogP contribution in [0.25, 0.3) is 5.65 Å². The molecule has 0 atom stereocenters. The van der Waals surface area contributed by atoms with Gasteiger partial charge in [0.05, 0.1) is 12.7 Å². The van der Waals surface area contributed by atoms with Gasteiger partial charge in [0, 0.05) is 11.8 Å². The average Bonchev–Trinajstić information content (AvgIpc) is 2.89. The van der Waals surface area contributed by atoms with Gasteiger partial charge in [0.2, 0.25) is 5.88 Å². The zero-order valence-electron chi connectivity index (χ0n) is 11.3. The second kappa shape index (κ2) is 5.17. The molecule has 0 aliphatic rings. The lowest BCUT2D eigenvalue weighted by Crippen LogP contribution is -2.06. The Balaban J connectivity index is 1.96. The van der Waals surface area contributed by atoms with Gasteiger partial charge < -0.3 is 10.1 Å². The van der Waals surface area contributed by atoms with E-state index in [2.05, 4.69) is 20.6 Å². The van der Waals surface area contributed by atoms with E-state index in [1.165, 1.54) is 23.8 Å². The molecule has 0 aliphatic carbocycles. The van der Waals surface area contributed by atoms with Crippen molar-refractivity contribution in [3.63, 3.8) is 0 Å². The number of methoxy groups -OCH3 is 1. The number of hydrogen-bond acceptors (Lipinski definition) is 5. The van der Waals surface area contributed by atoms with E-state index >= 15 is 0 Å². The Morgan fingerprint density at radius 1 is 1.14 bits per heavy atom. The van der Waals surface area contributed by atoms with Crippen LogP contribution in [-0.4, -0.2) is 26.9 Å². The Morgan fingerprint density at radius 2 is 1.95 bits per heavy atom. The number of aromatic nitrogens is 4. The molecule has 6 nitrogen and oxygen atoms in total. The number of nitrogens with one attached hydrogen (secondary N) is 1. The smallest absolute Gasteiger partial charge is 0.416 e. The first-order valence-electron chi connectivity index (χ1n) is 6.18. The number of fused-ring (bicyclic) bond motifs is 1. The molecule has 0 unspecified atom stereocenters. The maximum Gasteiger partial charge on any atom is 0.416 e. The maximum atomic E-state index is 12.7. The topological polar surface area (TPSA) is 64.3 Å². The highest BCUT2D eigenvalue weighted by Gasteiger charge is 2.30. The Hall–Kier alpha value is -2.84. The predicted octanol–water partition coefficient (Wildman–Crippen LogP) is 2.90. The number of anilines is 2. The number of alkyl halides is 3. The zero-order chi connectivity index (χ0) is 15.7. The Bertz CT molecular complexity index is 815. The minimum absolute atomic E-state index is 0.188. The van der Waals surface area contributed by atoms with Gasteiger partial charge in [0.1, 0.15) is 0 Å². The van der Waals surface area contributed by atoms with Crippen LogP contribution in [0.15, 0.2) is 36.4 Å². The van der Waals surface area contributed by atoms with Crippen molar-refractivity contribution in [2.24, 2.45) is 0 Å². The van der Waals surface area contributed by atoms with Crippen molar-refractivity contribution in [2.45, 2.75) is 6.18 Å². The lowest BCUT2D eigenvalue weighted by Gasteiger charge is -2.09. The molecule has 2 heterocycles. The van der Waals surface area contributed by atoms with Crippen molar-refractivity contribution in [1.29, 1.82) is 0 Å². The summed E-state index contributed by atoms with van der Waals surface area (Å²) in [6.45, 7) is 0. The van der Waals surface area contributed by atoms with Crippen LogP contribution in [0.2, 0.25) is 0 Å². The van der Waals surface area contributed by atoms with E-state index in [0.29, 0.717) is 11.5 Å². The number of rotatable bonds is 3. The molecule has 0 saturated heterocycles. The molecular weight excluding hydrogens is 299 g/mol. The molecule has 22 heavy (non-hydrogen) atoms. The second-order valence-corrected chi connectivity index (χ2v) is 4.37. The van der Waals surface area contributed by atoms with Crippen molar-refractivity contribution in [1.82, 2.24) is 19.8 Å². The van der Waals surface area contributed by atoms with Crippen molar-refractivity contribution in [2.75, 3.05) is 12.4 Å². The predicted molar refractivity (Wildman–Crippen MR) is 72.1 cm³/mol. The number of benzene rings is 1. The molecule has 9 heteroatoms. The van der Waals surface area contributed by atoms with Crippen molar-refractivity contribution >= 4 is 17.3 Å². The number of halogens is 3. The normalized spacial score (nSPS) is 11.6. The number of hydrogen-bond donors (Lipinski definition) is 1. The van der Waals surface area contributed by atoms with E-state index in [9.17, 15) is 13.2 Å². The highest BCUT2D eigenvalue weighted by molar-refractivity contribution is 5.57. The summed E-state index contributed by atoms with van der Waals surface area (Å²) in [5.74, 6) is 0.521. The molecule has 3 rings (SSSR count). The molecule has 2 aromatic heterocycles. The second-order valence-electron chi connectivity index (χ2n) is 4.37. The molecule has 0 spiro atoms. The average molecular weight is 309 g/mol. The van der Waals surface area contributed by atoms with Crippen molar-refractivity contribution in [3.8, 4) is 5.88 Å². The summed E-state index contributed by atoms with van der Waals surface area (Å²) in [5.41, 5.74) is -0.0825. The van der Waals surface area contributed by atoms with Crippen LogP contribution in [0.4, 0.5) is 24.8 Å².